The molecule has 0 N–H and O–H groups in total. The van der Waals surface area contributed by atoms with Crippen LogP contribution in [0.5, 0.6) is 5.75 Å². The molecule has 1 aromatic rings. The lowest BCUT2D eigenvalue weighted by Gasteiger charge is -2.19. The summed E-state index contributed by atoms with van der Waals surface area (Å²) in [6, 6.07) is 2.71. The normalized spacial score (nSPS) is 15.7. The first-order valence-corrected chi connectivity index (χ1v) is 5.98. The number of halogens is 2. The maximum absolute atomic E-state index is 13.7. The lowest BCUT2D eigenvalue weighted by Crippen LogP contribution is -2.18. The van der Waals surface area contributed by atoms with Crippen LogP contribution in [0.3, 0.4) is 0 Å². The summed E-state index contributed by atoms with van der Waals surface area (Å²) in [5.74, 6) is -1.52. The van der Waals surface area contributed by atoms with Crippen LogP contribution in [-0.4, -0.2) is 19.2 Å². The fraction of sp³-hybridized carbons (Fsp3) is 0.538. The average Bonchev–Trinajstić information content (AvgIpc) is 2.76. The fourth-order valence-electron chi connectivity index (χ4n) is 2.05. The molecule has 1 fully saturated rings. The highest BCUT2D eigenvalue weighted by molar-refractivity contribution is 5.51. The minimum atomic E-state index is -0.624. The first kappa shape index (κ1) is 12.1. The molecule has 0 atom stereocenters. The van der Waals surface area contributed by atoms with E-state index in [0.29, 0.717) is 5.69 Å². The summed E-state index contributed by atoms with van der Waals surface area (Å²) in [4.78, 5) is 1.99. The lowest BCUT2D eigenvalue weighted by molar-refractivity contribution is 0.219. The number of rotatable bonds is 3. The zero-order chi connectivity index (χ0) is 12.4. The van der Waals surface area contributed by atoms with Crippen molar-refractivity contribution < 1.29 is 13.5 Å². The molecule has 0 radical (unpaired) electrons. The molecule has 2 rings (SSSR count). The van der Waals surface area contributed by atoms with Crippen molar-refractivity contribution in [3.63, 3.8) is 0 Å². The Balaban J connectivity index is 2.27. The Morgan fingerprint density at radius 1 is 1.12 bits per heavy atom. The third-order valence-electron chi connectivity index (χ3n) is 2.81. The van der Waals surface area contributed by atoms with Crippen molar-refractivity contribution in [2.45, 2.75) is 32.8 Å². The summed E-state index contributed by atoms with van der Waals surface area (Å²) in [7, 11) is 0. The molecule has 1 saturated heterocycles. The second-order valence-corrected chi connectivity index (χ2v) is 4.60. The van der Waals surface area contributed by atoms with Gasteiger partial charge in [0.25, 0.3) is 0 Å². The van der Waals surface area contributed by atoms with Crippen LogP contribution in [0.15, 0.2) is 12.1 Å². The molecule has 1 aliphatic heterocycles. The Morgan fingerprint density at radius 2 is 1.65 bits per heavy atom. The zero-order valence-electron chi connectivity index (χ0n) is 10.2. The standard InChI is InChI=1S/C13H17F2NO/c1-9(2)17-13-11(14)7-10(8-12(13)15)16-5-3-4-6-16/h7-9H,3-6H2,1-2H3. The van der Waals surface area contributed by atoms with Crippen LogP contribution < -0.4 is 9.64 Å². The van der Waals surface area contributed by atoms with Gasteiger partial charge in [0.15, 0.2) is 17.4 Å². The summed E-state index contributed by atoms with van der Waals surface area (Å²) in [5, 5.41) is 0. The third kappa shape index (κ3) is 2.68. The molecule has 0 aromatic heterocycles. The van der Waals surface area contributed by atoms with E-state index < -0.39 is 11.6 Å². The van der Waals surface area contributed by atoms with Crippen LogP contribution in [0.2, 0.25) is 0 Å². The van der Waals surface area contributed by atoms with Crippen molar-refractivity contribution in [1.29, 1.82) is 0 Å². The number of nitrogens with zero attached hydrogens (tertiary/aromatic N) is 1. The Hall–Kier alpha value is -1.32. The molecule has 0 saturated carbocycles. The quantitative estimate of drug-likeness (QED) is 0.804. The molecular formula is C13H17F2NO. The van der Waals surface area contributed by atoms with Gasteiger partial charge in [-0.15, -0.1) is 0 Å². The third-order valence-corrected chi connectivity index (χ3v) is 2.81. The van der Waals surface area contributed by atoms with Gasteiger partial charge >= 0.3 is 0 Å². The molecule has 1 heterocycles. The minimum Gasteiger partial charge on any atom is -0.485 e. The lowest BCUT2D eigenvalue weighted by atomic mass is 10.2. The molecule has 4 heteroatoms. The topological polar surface area (TPSA) is 12.5 Å². The van der Waals surface area contributed by atoms with Crippen LogP contribution in [0.4, 0.5) is 14.5 Å². The van der Waals surface area contributed by atoms with E-state index in [1.54, 1.807) is 13.8 Å². The molecule has 0 aliphatic carbocycles. The minimum absolute atomic E-state index is 0.239. The maximum Gasteiger partial charge on any atom is 0.191 e. The van der Waals surface area contributed by atoms with E-state index in [0.717, 1.165) is 25.9 Å². The van der Waals surface area contributed by atoms with E-state index in [9.17, 15) is 8.78 Å². The van der Waals surface area contributed by atoms with Gasteiger partial charge in [0.05, 0.1) is 6.10 Å². The Labute approximate surface area is 100 Å². The highest BCUT2D eigenvalue weighted by atomic mass is 19.1. The molecule has 0 amide bonds. The van der Waals surface area contributed by atoms with Crippen LogP contribution in [0, 0.1) is 11.6 Å². The molecule has 1 aromatic carbocycles. The van der Waals surface area contributed by atoms with Crippen molar-refractivity contribution in [3.8, 4) is 5.75 Å². The highest BCUT2D eigenvalue weighted by Crippen LogP contribution is 2.30. The predicted molar refractivity (Wildman–Crippen MR) is 63.6 cm³/mol. The number of hydrogen-bond acceptors (Lipinski definition) is 2. The van der Waals surface area contributed by atoms with E-state index in [2.05, 4.69) is 0 Å². The van der Waals surface area contributed by atoms with E-state index in [1.165, 1.54) is 12.1 Å². The fourth-order valence-corrected chi connectivity index (χ4v) is 2.05. The first-order chi connectivity index (χ1) is 8.08. The predicted octanol–water partition coefficient (Wildman–Crippen LogP) is 3.35. The summed E-state index contributed by atoms with van der Waals surface area (Å²) >= 11 is 0. The van der Waals surface area contributed by atoms with Crippen LogP contribution in [0.25, 0.3) is 0 Å². The van der Waals surface area contributed by atoms with E-state index in [-0.39, 0.29) is 11.9 Å². The second-order valence-electron chi connectivity index (χ2n) is 4.60. The highest BCUT2D eigenvalue weighted by Gasteiger charge is 2.18. The molecule has 94 valence electrons. The van der Waals surface area contributed by atoms with E-state index in [4.69, 9.17) is 4.74 Å². The number of ether oxygens (including phenoxy) is 1. The molecule has 1 aliphatic rings. The Kier molecular flexibility index (Phi) is 3.50. The Morgan fingerprint density at radius 3 is 2.12 bits per heavy atom. The van der Waals surface area contributed by atoms with Gasteiger partial charge < -0.3 is 9.64 Å². The van der Waals surface area contributed by atoms with Crippen molar-refractivity contribution in [1.82, 2.24) is 0 Å². The van der Waals surface area contributed by atoms with Gasteiger partial charge in [-0.2, -0.15) is 0 Å². The van der Waals surface area contributed by atoms with Crippen molar-refractivity contribution in [2.24, 2.45) is 0 Å². The monoisotopic (exact) mass is 241 g/mol. The summed E-state index contributed by atoms with van der Waals surface area (Å²) in [6.07, 6.45) is 1.91. The van der Waals surface area contributed by atoms with Crippen LogP contribution >= 0.6 is 0 Å². The van der Waals surface area contributed by atoms with E-state index in [1.807, 2.05) is 4.90 Å². The average molecular weight is 241 g/mol. The summed E-state index contributed by atoms with van der Waals surface area (Å²) in [6.45, 7) is 5.22. The Bertz CT molecular complexity index is 377. The van der Waals surface area contributed by atoms with Gasteiger partial charge in [0.2, 0.25) is 0 Å². The molecule has 0 bridgehead atoms. The largest absolute Gasteiger partial charge is 0.485 e. The van der Waals surface area contributed by atoms with Crippen LogP contribution in [0.1, 0.15) is 26.7 Å². The van der Waals surface area contributed by atoms with Crippen molar-refractivity contribution >= 4 is 5.69 Å². The van der Waals surface area contributed by atoms with Gasteiger partial charge in [-0.05, 0) is 26.7 Å². The molecule has 2 nitrogen and oxygen atoms in total. The van der Waals surface area contributed by atoms with Gasteiger partial charge in [-0.25, -0.2) is 8.78 Å². The number of anilines is 1. The molecule has 0 unspecified atom stereocenters. The van der Waals surface area contributed by atoms with Crippen molar-refractivity contribution in [2.75, 3.05) is 18.0 Å². The SMILES string of the molecule is CC(C)Oc1c(F)cc(N2CCCC2)cc1F. The summed E-state index contributed by atoms with van der Waals surface area (Å²) in [5.41, 5.74) is 0.605. The first-order valence-electron chi connectivity index (χ1n) is 5.98. The van der Waals surface area contributed by atoms with Gasteiger partial charge in [-0.1, -0.05) is 0 Å². The summed E-state index contributed by atoms with van der Waals surface area (Å²) < 4.78 is 32.6. The number of benzene rings is 1. The van der Waals surface area contributed by atoms with Gasteiger partial charge in [0, 0.05) is 30.9 Å². The smallest absolute Gasteiger partial charge is 0.191 e. The zero-order valence-corrected chi connectivity index (χ0v) is 10.2. The maximum atomic E-state index is 13.7. The molecular weight excluding hydrogens is 224 g/mol. The van der Waals surface area contributed by atoms with Crippen LogP contribution in [-0.2, 0) is 0 Å². The van der Waals surface area contributed by atoms with E-state index >= 15 is 0 Å². The molecule has 0 spiro atoms. The number of hydrogen-bond donors (Lipinski definition) is 0. The van der Waals surface area contributed by atoms with Gasteiger partial charge in [-0.3, -0.25) is 0 Å². The van der Waals surface area contributed by atoms with Gasteiger partial charge in [0.1, 0.15) is 0 Å². The second kappa shape index (κ2) is 4.90. The molecule has 17 heavy (non-hydrogen) atoms. The van der Waals surface area contributed by atoms with Crippen molar-refractivity contribution in [3.05, 3.63) is 23.8 Å².